The van der Waals surface area contributed by atoms with Crippen LogP contribution < -0.4 is 19.6 Å². The maximum absolute atomic E-state index is 12.9. The van der Waals surface area contributed by atoms with Gasteiger partial charge in [0.2, 0.25) is 0 Å². The molecular weight excluding hydrogens is 423 g/mol. The van der Waals surface area contributed by atoms with Crippen molar-refractivity contribution < 1.29 is 23.4 Å². The number of methoxy groups -OCH3 is 1. The molecule has 0 bridgehead atoms. The summed E-state index contributed by atoms with van der Waals surface area (Å²) < 4.78 is 29.3. The van der Waals surface area contributed by atoms with Gasteiger partial charge in [0.1, 0.15) is 18.2 Å². The number of benzene rings is 3. The molecule has 0 heterocycles. The lowest BCUT2D eigenvalue weighted by Gasteiger charge is -2.11. The molecule has 3 aromatic rings. The van der Waals surface area contributed by atoms with Crippen molar-refractivity contribution in [2.75, 3.05) is 13.7 Å². The van der Waals surface area contributed by atoms with Gasteiger partial charge in [-0.1, -0.05) is 23.7 Å². The zero-order valence-electron chi connectivity index (χ0n) is 16.7. The minimum Gasteiger partial charge on any atom is -0.493 e. The fourth-order valence-electron chi connectivity index (χ4n) is 2.52. The van der Waals surface area contributed by atoms with Crippen molar-refractivity contribution in [3.8, 4) is 17.2 Å². The van der Waals surface area contributed by atoms with Gasteiger partial charge < -0.3 is 14.2 Å². The van der Waals surface area contributed by atoms with E-state index in [9.17, 15) is 9.18 Å². The highest BCUT2D eigenvalue weighted by atomic mass is 35.5. The number of ether oxygens (including phenoxy) is 3. The summed E-state index contributed by atoms with van der Waals surface area (Å²) in [5.74, 6) is 0.670. The van der Waals surface area contributed by atoms with Gasteiger partial charge in [-0.25, -0.2) is 9.82 Å². The largest absolute Gasteiger partial charge is 0.493 e. The van der Waals surface area contributed by atoms with Crippen molar-refractivity contribution >= 4 is 23.7 Å². The van der Waals surface area contributed by atoms with Crippen molar-refractivity contribution in [2.24, 2.45) is 5.10 Å². The number of nitrogens with zero attached hydrogens (tertiary/aromatic N) is 1. The second kappa shape index (κ2) is 11.0. The van der Waals surface area contributed by atoms with E-state index in [1.165, 1.54) is 30.5 Å². The van der Waals surface area contributed by atoms with Crippen LogP contribution in [0.5, 0.6) is 17.2 Å². The molecule has 0 radical (unpaired) electrons. The lowest BCUT2D eigenvalue weighted by molar-refractivity contribution is -0.123. The summed E-state index contributed by atoms with van der Waals surface area (Å²) in [6.45, 7) is 0.120. The topological polar surface area (TPSA) is 69.2 Å². The van der Waals surface area contributed by atoms with Gasteiger partial charge in [0.05, 0.1) is 13.3 Å². The van der Waals surface area contributed by atoms with E-state index < -0.39 is 5.91 Å². The van der Waals surface area contributed by atoms with Crippen molar-refractivity contribution in [1.82, 2.24) is 5.43 Å². The van der Waals surface area contributed by atoms with Gasteiger partial charge in [0, 0.05) is 5.02 Å². The molecule has 0 atom stereocenters. The first-order valence-electron chi connectivity index (χ1n) is 9.29. The zero-order chi connectivity index (χ0) is 22.1. The molecule has 1 N–H and O–H groups in total. The zero-order valence-corrected chi connectivity index (χ0v) is 17.4. The first kappa shape index (κ1) is 22.1. The molecule has 0 fully saturated rings. The molecule has 3 rings (SSSR count). The van der Waals surface area contributed by atoms with E-state index in [0.717, 1.165) is 5.56 Å². The van der Waals surface area contributed by atoms with E-state index in [4.69, 9.17) is 25.8 Å². The van der Waals surface area contributed by atoms with Crippen LogP contribution >= 0.6 is 11.6 Å². The summed E-state index contributed by atoms with van der Waals surface area (Å²) in [5, 5.41) is 4.57. The summed E-state index contributed by atoms with van der Waals surface area (Å²) in [7, 11) is 1.54. The predicted molar refractivity (Wildman–Crippen MR) is 116 cm³/mol. The van der Waals surface area contributed by atoms with E-state index in [2.05, 4.69) is 10.5 Å². The van der Waals surface area contributed by atoms with E-state index in [1.54, 1.807) is 37.4 Å². The van der Waals surface area contributed by atoms with E-state index >= 15 is 0 Å². The Balaban J connectivity index is 1.51. The minimum atomic E-state index is -0.449. The van der Waals surface area contributed by atoms with Crippen LogP contribution in [-0.2, 0) is 11.4 Å². The van der Waals surface area contributed by atoms with Crippen LogP contribution in [0.3, 0.4) is 0 Å². The van der Waals surface area contributed by atoms with Gasteiger partial charge in [0.15, 0.2) is 18.1 Å². The number of hydrazone groups is 1. The van der Waals surface area contributed by atoms with Gasteiger partial charge in [-0.05, 0) is 65.7 Å². The molecule has 0 unspecified atom stereocenters. The predicted octanol–water partition coefficient (Wildman–Crippen LogP) is 4.60. The highest BCUT2D eigenvalue weighted by Crippen LogP contribution is 2.28. The van der Waals surface area contributed by atoms with Gasteiger partial charge in [0.25, 0.3) is 5.91 Å². The van der Waals surface area contributed by atoms with Gasteiger partial charge >= 0.3 is 0 Å². The van der Waals surface area contributed by atoms with Crippen LogP contribution in [0.2, 0.25) is 5.02 Å². The Morgan fingerprint density at radius 1 is 1.03 bits per heavy atom. The number of hydrogen-bond acceptors (Lipinski definition) is 5. The first-order chi connectivity index (χ1) is 15.0. The summed E-state index contributed by atoms with van der Waals surface area (Å²) >= 11 is 5.89. The lowest BCUT2D eigenvalue weighted by atomic mass is 10.2. The summed E-state index contributed by atoms with van der Waals surface area (Å²) in [6.07, 6.45) is 1.47. The minimum absolute atomic E-state index is 0.246. The third-order valence-electron chi connectivity index (χ3n) is 4.08. The third kappa shape index (κ3) is 7.01. The fourth-order valence-corrected chi connectivity index (χ4v) is 2.64. The number of nitrogens with one attached hydrogen (secondary N) is 1. The Kier molecular flexibility index (Phi) is 7.84. The number of carbonyl (C=O) groups excluding carboxylic acids is 1. The molecule has 0 saturated carbocycles. The molecule has 31 heavy (non-hydrogen) atoms. The van der Waals surface area contributed by atoms with Crippen LogP contribution in [0.15, 0.2) is 71.8 Å². The molecule has 1 amide bonds. The molecule has 0 aliphatic heterocycles. The molecule has 160 valence electrons. The van der Waals surface area contributed by atoms with Crippen molar-refractivity contribution in [1.29, 1.82) is 0 Å². The van der Waals surface area contributed by atoms with Crippen LogP contribution in [-0.4, -0.2) is 25.8 Å². The van der Waals surface area contributed by atoms with Gasteiger partial charge in [-0.2, -0.15) is 5.10 Å². The molecule has 0 spiro atoms. The van der Waals surface area contributed by atoms with Gasteiger partial charge in [-0.15, -0.1) is 0 Å². The van der Waals surface area contributed by atoms with E-state index in [0.29, 0.717) is 34.4 Å². The second-order valence-electron chi connectivity index (χ2n) is 6.36. The van der Waals surface area contributed by atoms with Crippen molar-refractivity contribution in [2.45, 2.75) is 6.61 Å². The molecule has 8 heteroatoms. The average Bonchev–Trinajstić information content (AvgIpc) is 2.78. The third-order valence-corrected chi connectivity index (χ3v) is 4.33. The van der Waals surface area contributed by atoms with Crippen molar-refractivity contribution in [3.05, 3.63) is 88.7 Å². The Labute approximate surface area is 184 Å². The number of amides is 1. The van der Waals surface area contributed by atoms with Crippen LogP contribution in [0.4, 0.5) is 4.39 Å². The second-order valence-corrected chi connectivity index (χ2v) is 6.80. The molecule has 0 saturated heterocycles. The van der Waals surface area contributed by atoms with Crippen molar-refractivity contribution in [3.63, 3.8) is 0 Å². The maximum atomic E-state index is 12.9. The number of carbonyl (C=O) groups is 1. The normalized spacial score (nSPS) is 10.7. The molecule has 0 aromatic heterocycles. The molecule has 6 nitrogen and oxygen atoms in total. The number of hydrogen-bond donors (Lipinski definition) is 1. The highest BCUT2D eigenvalue weighted by molar-refractivity contribution is 6.30. The molecule has 3 aromatic carbocycles. The van der Waals surface area contributed by atoms with E-state index in [1.807, 2.05) is 12.1 Å². The van der Waals surface area contributed by atoms with Gasteiger partial charge in [-0.3, -0.25) is 4.79 Å². The smallest absolute Gasteiger partial charge is 0.277 e. The number of rotatable bonds is 9. The van der Waals surface area contributed by atoms with Crippen LogP contribution in [0.1, 0.15) is 11.1 Å². The SMILES string of the molecule is COc1cc(/C=N\NC(=O)COc2ccc(F)cc2)ccc1OCc1ccc(Cl)cc1. The number of halogens is 2. The quantitative estimate of drug-likeness (QED) is 0.388. The standard InChI is InChI=1S/C23H20ClFN2O4/c1-29-22-12-17(4-11-21(22)31-14-16-2-5-18(24)6-3-16)13-26-27-23(28)15-30-20-9-7-19(25)8-10-20/h2-13H,14-15H2,1H3,(H,27,28)/b26-13-. The lowest BCUT2D eigenvalue weighted by Crippen LogP contribution is -2.24. The Morgan fingerprint density at radius 3 is 2.48 bits per heavy atom. The van der Waals surface area contributed by atoms with Crippen LogP contribution in [0.25, 0.3) is 0 Å². The van der Waals surface area contributed by atoms with Crippen LogP contribution in [0, 0.1) is 5.82 Å². The Morgan fingerprint density at radius 2 is 1.77 bits per heavy atom. The Hall–Kier alpha value is -3.58. The summed E-state index contributed by atoms with van der Waals surface area (Å²) in [6, 6.07) is 18.0. The fraction of sp³-hybridized carbons (Fsp3) is 0.130. The summed E-state index contributed by atoms with van der Waals surface area (Å²) in [4.78, 5) is 11.8. The average molecular weight is 443 g/mol. The monoisotopic (exact) mass is 442 g/mol. The first-order valence-corrected chi connectivity index (χ1v) is 9.67. The maximum Gasteiger partial charge on any atom is 0.277 e. The Bertz CT molecular complexity index is 1040. The highest BCUT2D eigenvalue weighted by Gasteiger charge is 2.06. The molecule has 0 aliphatic rings. The molecular formula is C23H20ClFN2O4. The molecule has 0 aliphatic carbocycles. The summed E-state index contributed by atoms with van der Waals surface area (Å²) in [5.41, 5.74) is 4.04. The van der Waals surface area contributed by atoms with E-state index in [-0.39, 0.29) is 12.4 Å².